The van der Waals surface area contributed by atoms with E-state index < -0.39 is 0 Å². The van der Waals surface area contributed by atoms with Gasteiger partial charge in [-0.05, 0) is 31.7 Å². The van der Waals surface area contributed by atoms with Crippen LogP contribution in [0.2, 0.25) is 0 Å². The van der Waals surface area contributed by atoms with E-state index in [9.17, 15) is 0 Å². The molecular weight excluding hydrogens is 238 g/mol. The van der Waals surface area contributed by atoms with E-state index in [1.807, 2.05) is 38.4 Å². The number of hydrogen-bond acceptors (Lipinski definition) is 4. The van der Waals surface area contributed by atoms with Crippen LogP contribution in [0.4, 0.5) is 0 Å². The smallest absolute Gasteiger partial charge is 0.180 e. The van der Waals surface area contributed by atoms with Gasteiger partial charge in [0.05, 0.1) is 5.69 Å². The number of H-pyrrole nitrogens is 1. The lowest BCUT2D eigenvalue weighted by Crippen LogP contribution is -2.05. The highest BCUT2D eigenvalue weighted by Crippen LogP contribution is 2.22. The summed E-state index contributed by atoms with van der Waals surface area (Å²) in [6.07, 6.45) is 3.73. The molecule has 0 aliphatic heterocycles. The molecule has 0 spiro atoms. The second-order valence-electron chi connectivity index (χ2n) is 4.42. The van der Waals surface area contributed by atoms with Crippen LogP contribution in [0.25, 0.3) is 22.6 Å². The molecule has 5 nitrogen and oxygen atoms in total. The van der Waals surface area contributed by atoms with Crippen LogP contribution in [0, 0.1) is 6.92 Å². The van der Waals surface area contributed by atoms with Crippen molar-refractivity contribution < 1.29 is 0 Å². The monoisotopic (exact) mass is 253 g/mol. The van der Waals surface area contributed by atoms with Crippen molar-refractivity contribution in [3.05, 3.63) is 41.9 Å². The molecule has 0 radical (unpaired) electrons. The number of nitrogens with one attached hydrogen (secondary N) is 2. The molecular formula is C14H15N5. The van der Waals surface area contributed by atoms with Crippen molar-refractivity contribution in [2.24, 2.45) is 0 Å². The van der Waals surface area contributed by atoms with Gasteiger partial charge in [-0.3, -0.25) is 4.98 Å². The fraction of sp³-hybridized carbons (Fsp3) is 0.214. The molecule has 3 aromatic heterocycles. The van der Waals surface area contributed by atoms with Gasteiger partial charge in [0.2, 0.25) is 0 Å². The van der Waals surface area contributed by atoms with Gasteiger partial charge in [0.1, 0.15) is 11.3 Å². The first-order valence-corrected chi connectivity index (χ1v) is 6.20. The molecule has 2 N–H and O–H groups in total. The van der Waals surface area contributed by atoms with Crippen molar-refractivity contribution in [2.45, 2.75) is 13.5 Å². The van der Waals surface area contributed by atoms with E-state index in [4.69, 9.17) is 0 Å². The SMILES string of the molecule is CNCc1c[nH]c2nc(-c3ccccn3)nc(C)c12. The summed E-state index contributed by atoms with van der Waals surface area (Å²) in [6, 6.07) is 5.74. The van der Waals surface area contributed by atoms with Gasteiger partial charge in [-0.2, -0.15) is 0 Å². The van der Waals surface area contributed by atoms with Crippen molar-refractivity contribution in [3.63, 3.8) is 0 Å². The van der Waals surface area contributed by atoms with Crippen molar-refractivity contribution in [3.8, 4) is 11.5 Å². The lowest BCUT2D eigenvalue weighted by atomic mass is 10.2. The Morgan fingerprint density at radius 1 is 1.26 bits per heavy atom. The third kappa shape index (κ3) is 2.08. The van der Waals surface area contributed by atoms with Gasteiger partial charge in [-0.25, -0.2) is 9.97 Å². The van der Waals surface area contributed by atoms with E-state index in [2.05, 4.69) is 25.3 Å². The van der Waals surface area contributed by atoms with E-state index in [1.165, 1.54) is 5.56 Å². The molecule has 0 unspecified atom stereocenters. The van der Waals surface area contributed by atoms with E-state index >= 15 is 0 Å². The number of aromatic amines is 1. The minimum absolute atomic E-state index is 0.656. The topological polar surface area (TPSA) is 66.5 Å². The van der Waals surface area contributed by atoms with Crippen LogP contribution >= 0.6 is 0 Å². The molecule has 0 saturated heterocycles. The first-order chi connectivity index (χ1) is 9.29. The summed E-state index contributed by atoms with van der Waals surface area (Å²) in [5.74, 6) is 0.656. The molecule has 96 valence electrons. The Morgan fingerprint density at radius 2 is 2.16 bits per heavy atom. The molecule has 0 aliphatic rings. The number of aromatic nitrogens is 4. The molecule has 0 aromatic carbocycles. The van der Waals surface area contributed by atoms with Crippen LogP contribution in [-0.2, 0) is 6.54 Å². The second kappa shape index (κ2) is 4.78. The number of nitrogens with zero attached hydrogens (tertiary/aromatic N) is 3. The summed E-state index contributed by atoms with van der Waals surface area (Å²) in [6.45, 7) is 2.80. The summed E-state index contributed by atoms with van der Waals surface area (Å²) in [5, 5.41) is 4.24. The van der Waals surface area contributed by atoms with Crippen LogP contribution in [0.3, 0.4) is 0 Å². The first kappa shape index (κ1) is 11.8. The van der Waals surface area contributed by atoms with Gasteiger partial charge in [0, 0.05) is 24.3 Å². The molecule has 19 heavy (non-hydrogen) atoms. The van der Waals surface area contributed by atoms with Crippen LogP contribution in [0.1, 0.15) is 11.3 Å². The minimum Gasteiger partial charge on any atom is -0.346 e. The van der Waals surface area contributed by atoms with Gasteiger partial charge in [-0.15, -0.1) is 0 Å². The quantitative estimate of drug-likeness (QED) is 0.749. The number of fused-ring (bicyclic) bond motifs is 1. The normalized spacial score (nSPS) is 11.1. The average molecular weight is 253 g/mol. The standard InChI is InChI=1S/C14H15N5/c1-9-12-10(7-15-2)8-17-14(12)19-13(18-9)11-5-3-4-6-16-11/h3-6,8,15H,7H2,1-2H3,(H,17,18,19). The van der Waals surface area contributed by atoms with Gasteiger partial charge in [0.25, 0.3) is 0 Å². The third-order valence-electron chi connectivity index (χ3n) is 3.06. The van der Waals surface area contributed by atoms with Crippen molar-refractivity contribution in [1.82, 2.24) is 25.3 Å². The Hall–Kier alpha value is -2.27. The molecule has 0 amide bonds. The zero-order chi connectivity index (χ0) is 13.2. The fourth-order valence-corrected chi connectivity index (χ4v) is 2.23. The van der Waals surface area contributed by atoms with Gasteiger partial charge < -0.3 is 10.3 Å². The maximum atomic E-state index is 4.57. The number of aryl methyl sites for hydroxylation is 1. The van der Waals surface area contributed by atoms with Crippen molar-refractivity contribution in [1.29, 1.82) is 0 Å². The summed E-state index contributed by atoms with van der Waals surface area (Å²) in [5.41, 5.74) is 3.80. The van der Waals surface area contributed by atoms with Gasteiger partial charge in [0.15, 0.2) is 5.82 Å². The maximum absolute atomic E-state index is 4.57. The molecule has 0 bridgehead atoms. The highest BCUT2D eigenvalue weighted by atomic mass is 15.0. The Morgan fingerprint density at radius 3 is 2.89 bits per heavy atom. The Labute approximate surface area is 111 Å². The average Bonchev–Trinajstić information content (AvgIpc) is 2.84. The maximum Gasteiger partial charge on any atom is 0.180 e. The summed E-state index contributed by atoms with van der Waals surface area (Å²) in [7, 11) is 1.93. The molecule has 0 aliphatic carbocycles. The molecule has 0 atom stereocenters. The van der Waals surface area contributed by atoms with E-state index in [1.54, 1.807) is 6.20 Å². The number of rotatable bonds is 3. The summed E-state index contributed by atoms with van der Waals surface area (Å²) >= 11 is 0. The number of pyridine rings is 1. The van der Waals surface area contributed by atoms with Crippen molar-refractivity contribution in [2.75, 3.05) is 7.05 Å². The molecule has 5 heteroatoms. The molecule has 3 heterocycles. The second-order valence-corrected chi connectivity index (χ2v) is 4.42. The van der Waals surface area contributed by atoms with Gasteiger partial charge >= 0.3 is 0 Å². The first-order valence-electron chi connectivity index (χ1n) is 6.20. The largest absolute Gasteiger partial charge is 0.346 e. The fourth-order valence-electron chi connectivity index (χ4n) is 2.23. The van der Waals surface area contributed by atoms with Crippen LogP contribution in [-0.4, -0.2) is 27.0 Å². The predicted octanol–water partition coefficient (Wildman–Crippen LogP) is 2.05. The minimum atomic E-state index is 0.656. The van der Waals surface area contributed by atoms with Gasteiger partial charge in [-0.1, -0.05) is 6.07 Å². The van der Waals surface area contributed by atoms with Crippen LogP contribution < -0.4 is 5.32 Å². The van der Waals surface area contributed by atoms with E-state index in [-0.39, 0.29) is 0 Å². The molecule has 0 fully saturated rings. The highest BCUT2D eigenvalue weighted by Gasteiger charge is 2.11. The van der Waals surface area contributed by atoms with Crippen LogP contribution in [0.5, 0.6) is 0 Å². The predicted molar refractivity (Wildman–Crippen MR) is 74.6 cm³/mol. The van der Waals surface area contributed by atoms with Crippen molar-refractivity contribution >= 4 is 11.0 Å². The zero-order valence-electron chi connectivity index (χ0n) is 10.9. The highest BCUT2D eigenvalue weighted by molar-refractivity contribution is 5.83. The lowest BCUT2D eigenvalue weighted by Gasteiger charge is -2.04. The molecule has 3 rings (SSSR count). The summed E-state index contributed by atoms with van der Waals surface area (Å²) in [4.78, 5) is 16.6. The zero-order valence-corrected chi connectivity index (χ0v) is 10.9. The Balaban J connectivity index is 2.16. The van der Waals surface area contributed by atoms with E-state index in [0.29, 0.717) is 5.82 Å². The molecule has 0 saturated carbocycles. The van der Waals surface area contributed by atoms with Crippen LogP contribution in [0.15, 0.2) is 30.6 Å². The Bertz CT molecular complexity index is 702. The Kier molecular flexibility index (Phi) is 2.97. The summed E-state index contributed by atoms with van der Waals surface area (Å²) < 4.78 is 0. The lowest BCUT2D eigenvalue weighted by molar-refractivity contribution is 0.822. The van der Waals surface area contributed by atoms with E-state index in [0.717, 1.165) is 29.0 Å². The third-order valence-corrected chi connectivity index (χ3v) is 3.06. The molecule has 3 aromatic rings. The number of hydrogen-bond donors (Lipinski definition) is 2.